The smallest absolute Gasteiger partial charge is 0.308 e. The minimum Gasteiger partial charge on any atom is -0.497 e. The molecular formula is C51H74O12. The van der Waals surface area contributed by atoms with Crippen LogP contribution in [0.1, 0.15) is 124 Å². The first-order valence-corrected chi connectivity index (χ1v) is 23.8. The fraction of sp³-hybridized carbons (Fsp3) is 0.745. The second-order valence-electron chi connectivity index (χ2n) is 20.4. The molecule has 2 aromatic rings. The lowest BCUT2D eigenvalue weighted by Gasteiger charge is -2.50. The van der Waals surface area contributed by atoms with Crippen molar-refractivity contribution in [2.24, 2.45) is 35.5 Å². The van der Waals surface area contributed by atoms with Crippen molar-refractivity contribution in [3.8, 4) is 5.75 Å². The molecule has 0 aromatic heterocycles. The van der Waals surface area contributed by atoms with Crippen molar-refractivity contribution >= 4 is 5.97 Å². The molecule has 0 bridgehead atoms. The van der Waals surface area contributed by atoms with Crippen LogP contribution in [0.3, 0.4) is 0 Å². The quantitative estimate of drug-likeness (QED) is 0.194. The highest BCUT2D eigenvalue weighted by molar-refractivity contribution is 5.70. The van der Waals surface area contributed by atoms with E-state index in [1.165, 1.54) is 0 Å². The molecule has 18 atom stereocenters. The van der Waals surface area contributed by atoms with Crippen molar-refractivity contribution in [3.05, 3.63) is 65.7 Å². The van der Waals surface area contributed by atoms with Crippen LogP contribution >= 0.6 is 0 Å². The summed E-state index contributed by atoms with van der Waals surface area (Å²) < 4.78 is 67.0. The van der Waals surface area contributed by atoms with Gasteiger partial charge in [0, 0.05) is 43.3 Å². The number of carboxylic acids is 1. The third-order valence-corrected chi connectivity index (χ3v) is 16.2. The van der Waals surface area contributed by atoms with E-state index >= 15 is 0 Å². The molecule has 1 N–H and O–H groups in total. The number of benzene rings is 2. The molecule has 12 heteroatoms. The summed E-state index contributed by atoms with van der Waals surface area (Å²) >= 11 is 0. The Labute approximate surface area is 375 Å². The third-order valence-electron chi connectivity index (χ3n) is 16.2. The molecule has 6 aliphatic rings. The van der Waals surface area contributed by atoms with Crippen LogP contribution in [0.2, 0.25) is 0 Å². The van der Waals surface area contributed by atoms with E-state index in [2.05, 4.69) is 53.7 Å². The Hall–Kier alpha value is -2.65. The van der Waals surface area contributed by atoms with Gasteiger partial charge in [0.2, 0.25) is 0 Å². The maximum absolute atomic E-state index is 12.2. The van der Waals surface area contributed by atoms with Gasteiger partial charge in [-0.1, -0.05) is 84.0 Å². The average Bonchev–Trinajstić information content (AvgIpc) is 4.09. The summed E-state index contributed by atoms with van der Waals surface area (Å²) in [5, 5.41) is 10.0. The van der Waals surface area contributed by atoms with Gasteiger partial charge in [0.15, 0.2) is 17.9 Å². The molecule has 6 heterocycles. The van der Waals surface area contributed by atoms with Gasteiger partial charge in [-0.15, -0.1) is 0 Å². The second-order valence-corrected chi connectivity index (χ2v) is 20.4. The first kappa shape index (κ1) is 46.9. The van der Waals surface area contributed by atoms with Crippen molar-refractivity contribution in [1.82, 2.24) is 0 Å². The molecule has 8 rings (SSSR count). The summed E-state index contributed by atoms with van der Waals surface area (Å²) in [6.45, 7) is 17.9. The zero-order valence-electron chi connectivity index (χ0n) is 39.3. The molecule has 2 spiro atoms. The molecule has 12 nitrogen and oxygen atoms in total. The maximum atomic E-state index is 12.2. The topological polar surface area (TPSA) is 130 Å². The fourth-order valence-corrected chi connectivity index (χ4v) is 12.4. The van der Waals surface area contributed by atoms with Gasteiger partial charge in [0.25, 0.3) is 0 Å². The Morgan fingerprint density at radius 3 is 2.33 bits per heavy atom. The molecule has 0 saturated carbocycles. The van der Waals surface area contributed by atoms with E-state index in [0.29, 0.717) is 26.1 Å². The molecule has 63 heavy (non-hydrogen) atoms. The van der Waals surface area contributed by atoms with Crippen molar-refractivity contribution in [2.45, 2.75) is 185 Å². The average molecular weight is 879 g/mol. The van der Waals surface area contributed by atoms with E-state index in [-0.39, 0.29) is 66.2 Å². The Bertz CT molecular complexity index is 1850. The lowest BCUT2D eigenvalue weighted by molar-refractivity contribution is -0.339. The van der Waals surface area contributed by atoms with Crippen LogP contribution in [0.4, 0.5) is 0 Å². The number of aliphatic carboxylic acids is 1. The summed E-state index contributed by atoms with van der Waals surface area (Å²) in [5.74, 6) is -2.20. The van der Waals surface area contributed by atoms with Crippen molar-refractivity contribution in [1.29, 1.82) is 0 Å². The number of ether oxygens (including phenoxy) is 10. The third kappa shape index (κ3) is 8.99. The first-order valence-electron chi connectivity index (χ1n) is 23.8. The maximum Gasteiger partial charge on any atom is 0.308 e. The number of rotatable bonds is 14. The zero-order valence-corrected chi connectivity index (χ0v) is 39.3. The van der Waals surface area contributed by atoms with Gasteiger partial charge in [-0.25, -0.2) is 0 Å². The lowest BCUT2D eigenvalue weighted by atomic mass is 9.78. The van der Waals surface area contributed by atoms with E-state index in [9.17, 15) is 9.90 Å². The highest BCUT2D eigenvalue weighted by Crippen LogP contribution is 2.56. The van der Waals surface area contributed by atoms with E-state index in [4.69, 9.17) is 47.4 Å². The normalized spacial score (nSPS) is 43.0. The Morgan fingerprint density at radius 1 is 0.905 bits per heavy atom. The van der Waals surface area contributed by atoms with Gasteiger partial charge in [-0.05, 0) is 81.9 Å². The van der Waals surface area contributed by atoms with Crippen LogP contribution in [0.25, 0.3) is 0 Å². The molecule has 6 fully saturated rings. The van der Waals surface area contributed by atoms with Crippen LogP contribution in [0.5, 0.6) is 5.75 Å². The summed E-state index contributed by atoms with van der Waals surface area (Å²) in [7, 11) is 3.25. The highest BCUT2D eigenvalue weighted by Gasteiger charge is 2.63. The summed E-state index contributed by atoms with van der Waals surface area (Å²) in [4.78, 5) is 12.2. The molecule has 6 aliphatic heterocycles. The van der Waals surface area contributed by atoms with Gasteiger partial charge >= 0.3 is 5.97 Å². The Balaban J connectivity index is 0.962. The Morgan fingerprint density at radius 2 is 1.65 bits per heavy atom. The predicted molar refractivity (Wildman–Crippen MR) is 235 cm³/mol. The molecule has 6 saturated heterocycles. The van der Waals surface area contributed by atoms with Crippen LogP contribution in [-0.2, 0) is 54.0 Å². The largest absolute Gasteiger partial charge is 0.497 e. The van der Waals surface area contributed by atoms with Gasteiger partial charge < -0.3 is 52.5 Å². The van der Waals surface area contributed by atoms with Gasteiger partial charge in [-0.3, -0.25) is 4.79 Å². The molecular weight excluding hydrogens is 805 g/mol. The van der Waals surface area contributed by atoms with Crippen molar-refractivity contribution in [3.63, 3.8) is 0 Å². The molecule has 0 radical (unpaired) electrons. The monoisotopic (exact) mass is 879 g/mol. The molecule has 0 amide bonds. The molecule has 0 unspecified atom stereocenters. The van der Waals surface area contributed by atoms with E-state index in [0.717, 1.165) is 55.4 Å². The predicted octanol–water partition coefficient (Wildman–Crippen LogP) is 9.27. The van der Waals surface area contributed by atoms with Crippen LogP contribution in [0, 0.1) is 35.5 Å². The van der Waals surface area contributed by atoms with Gasteiger partial charge in [0.1, 0.15) is 12.4 Å². The zero-order chi connectivity index (χ0) is 44.9. The van der Waals surface area contributed by atoms with Crippen LogP contribution in [0.15, 0.2) is 54.6 Å². The second kappa shape index (κ2) is 18.6. The number of carboxylic acid groups (broad SMARTS) is 1. The molecule has 0 aliphatic carbocycles. The lowest BCUT2D eigenvalue weighted by Crippen LogP contribution is -2.57. The summed E-state index contributed by atoms with van der Waals surface area (Å²) in [5.41, 5.74) is 0.943. The van der Waals surface area contributed by atoms with Gasteiger partial charge in [0.05, 0.1) is 73.6 Å². The van der Waals surface area contributed by atoms with E-state index < -0.39 is 47.1 Å². The minimum absolute atomic E-state index is 0.0375. The van der Waals surface area contributed by atoms with E-state index in [1.807, 2.05) is 49.4 Å². The van der Waals surface area contributed by atoms with Crippen molar-refractivity contribution < 1.29 is 57.3 Å². The summed E-state index contributed by atoms with van der Waals surface area (Å²) in [6.07, 6.45) is 4.21. The minimum atomic E-state index is -0.921. The van der Waals surface area contributed by atoms with Gasteiger partial charge in [-0.2, -0.15) is 0 Å². The number of methoxy groups -OCH3 is 2. The number of carbonyl (C=O) groups is 1. The molecule has 350 valence electrons. The number of hydrogen-bond donors (Lipinski definition) is 1. The van der Waals surface area contributed by atoms with E-state index in [1.54, 1.807) is 21.1 Å². The Kier molecular flexibility index (Phi) is 13.8. The standard InChI is InChI=1S/C51H74O12/c1-11-49(45-31(3)26-39(58-45)42-30(2)25-32(4)51(61-42)29-57-47(62-51)37-17-19-38(54-9)20-18-37)22-21-41(59-49)48(8)23-24-50(63-48)27-40(56-28-36-15-13-12-14-16-36)33(5)44(60-50)34(6)43(55-10)35(7)46(52)53/h12-20,30-35,39-45,47H,11,21-29H2,1-10H3,(H,52,53)/t30-,31-,32+,33+,34-,35-,39-,40-,41+,42-,43+,44-,45+,47-,48+,49-,50+,51+/m0/s1. The van der Waals surface area contributed by atoms with Crippen LogP contribution in [-0.4, -0.2) is 97.4 Å². The molecule has 2 aromatic carbocycles. The first-order chi connectivity index (χ1) is 30.1. The number of hydrogen-bond acceptors (Lipinski definition) is 11. The van der Waals surface area contributed by atoms with Crippen molar-refractivity contribution in [2.75, 3.05) is 20.8 Å². The van der Waals surface area contributed by atoms with Crippen LogP contribution < -0.4 is 4.74 Å². The highest BCUT2D eigenvalue weighted by atomic mass is 16.8. The fourth-order valence-electron chi connectivity index (χ4n) is 12.4. The summed E-state index contributed by atoms with van der Waals surface area (Å²) in [6, 6.07) is 18.0. The SMILES string of the molecule is CC[C@@]1([C@@H]2O[C@H]([C@H]3O[C@@]4(CO[C@H](c5ccc(OC)cc5)O4)[C@H](C)C[C@@H]3C)C[C@@H]2C)CC[C@H]([C@@]2(C)CC[C@]3(C[C@H](OCc4ccccc4)[C@@H](C)[C@@H]([C@@H](C)[C@@H](OC)[C@H](C)C(=O)O)O3)O2)O1.